The standard InChI is InChI=1S/C29H43N6O5P/c1-25(21-35-23-34-27-28(30)32-22-33-29(27)35)39-24-41(36,37)40-19-13-18-38-17-11-9-7-5-3-2-4-6-8-10-14-26-15-12-16-31-20-26/h12,15-16,20,22-23,25H,2-9,11,13,17-19,21,24H2,1H3,(H,36,37)(H2,30,32,33)/t25-/m1/s1. The Hall–Kier alpha value is -2.87. The van der Waals surface area contributed by atoms with E-state index in [1.165, 1.54) is 38.4 Å². The molecule has 12 heteroatoms. The van der Waals surface area contributed by atoms with Gasteiger partial charge in [-0.2, -0.15) is 0 Å². The van der Waals surface area contributed by atoms with Crippen LogP contribution in [0.4, 0.5) is 5.82 Å². The number of unbranched alkanes of at least 4 members (excludes halogenated alkanes) is 8. The molecule has 0 bridgehead atoms. The molecule has 0 saturated heterocycles. The van der Waals surface area contributed by atoms with Gasteiger partial charge in [-0.1, -0.05) is 50.4 Å². The predicted molar refractivity (Wildman–Crippen MR) is 159 cm³/mol. The van der Waals surface area contributed by atoms with Gasteiger partial charge in [0, 0.05) is 37.6 Å². The average Bonchev–Trinajstić information content (AvgIpc) is 3.38. The van der Waals surface area contributed by atoms with Gasteiger partial charge in [0.05, 0.1) is 25.6 Å². The molecule has 3 heterocycles. The third kappa shape index (κ3) is 13.1. The molecular formula is C29H43N6O5P. The first-order valence-corrected chi connectivity index (χ1v) is 16.2. The molecule has 1 unspecified atom stereocenters. The number of pyridine rings is 1. The fraction of sp³-hybridized carbons (Fsp3) is 0.586. The summed E-state index contributed by atoms with van der Waals surface area (Å²) in [6.07, 6.45) is 16.8. The summed E-state index contributed by atoms with van der Waals surface area (Å²) < 4.78 is 30.4. The number of nitrogen functional groups attached to an aromatic ring is 1. The van der Waals surface area contributed by atoms with Crippen LogP contribution in [-0.4, -0.2) is 61.7 Å². The van der Waals surface area contributed by atoms with E-state index in [-0.39, 0.29) is 19.1 Å². The first kappa shape index (κ1) is 32.6. The smallest absolute Gasteiger partial charge is 0.353 e. The normalized spacial score (nSPS) is 13.5. The monoisotopic (exact) mass is 586 g/mol. The molecule has 3 aromatic rings. The fourth-order valence-electron chi connectivity index (χ4n) is 4.17. The number of ether oxygens (including phenoxy) is 2. The number of hydrogen-bond acceptors (Lipinski definition) is 9. The topological polar surface area (TPSA) is 148 Å². The van der Waals surface area contributed by atoms with Crippen molar-refractivity contribution in [2.75, 3.05) is 31.9 Å². The number of nitrogens with zero attached hydrogens (tertiary/aromatic N) is 5. The average molecular weight is 587 g/mol. The van der Waals surface area contributed by atoms with Gasteiger partial charge in [-0.25, -0.2) is 15.0 Å². The molecule has 0 radical (unpaired) electrons. The van der Waals surface area contributed by atoms with E-state index in [2.05, 4.69) is 31.8 Å². The Morgan fingerprint density at radius 2 is 1.78 bits per heavy atom. The fourth-order valence-corrected chi connectivity index (χ4v) is 5.10. The van der Waals surface area contributed by atoms with E-state index in [0.717, 1.165) is 31.2 Å². The molecule has 2 atom stereocenters. The number of hydrogen-bond donors (Lipinski definition) is 2. The summed E-state index contributed by atoms with van der Waals surface area (Å²) in [5, 5.41) is 0. The highest BCUT2D eigenvalue weighted by molar-refractivity contribution is 7.52. The van der Waals surface area contributed by atoms with Crippen LogP contribution >= 0.6 is 7.60 Å². The van der Waals surface area contributed by atoms with Crippen LogP contribution in [0.15, 0.2) is 37.2 Å². The number of aromatic nitrogens is 5. The van der Waals surface area contributed by atoms with Crippen molar-refractivity contribution in [3.8, 4) is 11.8 Å². The van der Waals surface area contributed by atoms with Gasteiger partial charge in [-0.3, -0.25) is 9.55 Å². The maximum Gasteiger partial charge on any atom is 0.353 e. The Morgan fingerprint density at radius 1 is 1.02 bits per heavy atom. The lowest BCUT2D eigenvalue weighted by Gasteiger charge is -2.17. The van der Waals surface area contributed by atoms with Gasteiger partial charge in [0.25, 0.3) is 0 Å². The summed E-state index contributed by atoms with van der Waals surface area (Å²) in [6.45, 7) is 3.53. The molecule has 0 fully saturated rings. The predicted octanol–water partition coefficient (Wildman–Crippen LogP) is 5.34. The second-order valence-corrected chi connectivity index (χ2v) is 11.8. The maximum absolute atomic E-state index is 12.3. The SMILES string of the molecule is C[C@H](Cn1cnc2c(N)ncnc21)OCP(=O)(O)OCCCOCCCCCCCCCCC#Cc1cccnc1. The number of nitrogens with two attached hydrogens (primary N) is 1. The zero-order valence-electron chi connectivity index (χ0n) is 24.0. The summed E-state index contributed by atoms with van der Waals surface area (Å²) in [5.74, 6) is 6.67. The van der Waals surface area contributed by atoms with Crippen LogP contribution in [0.25, 0.3) is 11.2 Å². The number of rotatable bonds is 20. The van der Waals surface area contributed by atoms with Crippen molar-refractivity contribution in [2.45, 2.75) is 83.8 Å². The molecule has 0 aliphatic carbocycles. The van der Waals surface area contributed by atoms with Gasteiger partial charge in [-0.05, 0) is 38.3 Å². The van der Waals surface area contributed by atoms with Gasteiger partial charge in [0.2, 0.25) is 0 Å². The molecule has 11 nitrogen and oxygen atoms in total. The van der Waals surface area contributed by atoms with Gasteiger partial charge < -0.3 is 29.2 Å². The molecule has 224 valence electrons. The van der Waals surface area contributed by atoms with Gasteiger partial charge in [0.15, 0.2) is 11.5 Å². The molecular weight excluding hydrogens is 543 g/mol. The van der Waals surface area contributed by atoms with Crippen LogP contribution in [-0.2, 0) is 25.1 Å². The minimum Gasteiger partial charge on any atom is -0.382 e. The van der Waals surface area contributed by atoms with Crippen LogP contribution in [0.1, 0.15) is 76.7 Å². The molecule has 0 aliphatic rings. The van der Waals surface area contributed by atoms with Crippen molar-refractivity contribution < 1.29 is 23.5 Å². The summed E-state index contributed by atoms with van der Waals surface area (Å²) in [7, 11) is -3.85. The maximum atomic E-state index is 12.3. The van der Waals surface area contributed by atoms with Crippen LogP contribution in [0, 0.1) is 11.8 Å². The molecule has 0 amide bonds. The molecule has 0 saturated carbocycles. The third-order valence-corrected chi connectivity index (χ3v) is 7.43. The second-order valence-electron chi connectivity index (χ2n) is 9.99. The van der Waals surface area contributed by atoms with Crippen molar-refractivity contribution in [1.82, 2.24) is 24.5 Å². The highest BCUT2D eigenvalue weighted by Gasteiger charge is 2.21. The Kier molecular flexibility index (Phi) is 14.8. The Morgan fingerprint density at radius 3 is 2.56 bits per heavy atom. The third-order valence-electron chi connectivity index (χ3n) is 6.37. The minimum atomic E-state index is -3.85. The van der Waals surface area contributed by atoms with E-state index >= 15 is 0 Å². The van der Waals surface area contributed by atoms with E-state index in [4.69, 9.17) is 19.7 Å². The van der Waals surface area contributed by atoms with Crippen LogP contribution in [0.3, 0.4) is 0 Å². The molecule has 0 aliphatic heterocycles. The molecule has 3 N–H and O–H groups in total. The lowest BCUT2D eigenvalue weighted by Crippen LogP contribution is -2.17. The van der Waals surface area contributed by atoms with Crippen molar-refractivity contribution in [1.29, 1.82) is 0 Å². The second kappa shape index (κ2) is 18.5. The van der Waals surface area contributed by atoms with Crippen molar-refractivity contribution in [3.63, 3.8) is 0 Å². The molecule has 3 rings (SSSR count). The summed E-state index contributed by atoms with van der Waals surface area (Å²) in [5.41, 5.74) is 7.88. The van der Waals surface area contributed by atoms with Gasteiger partial charge >= 0.3 is 7.60 Å². The Bertz CT molecular complexity index is 1260. The first-order valence-electron chi connectivity index (χ1n) is 14.4. The van der Waals surface area contributed by atoms with Crippen LogP contribution in [0.2, 0.25) is 0 Å². The van der Waals surface area contributed by atoms with E-state index in [0.29, 0.717) is 43.2 Å². The van der Waals surface area contributed by atoms with Crippen molar-refractivity contribution >= 4 is 24.6 Å². The molecule has 3 aromatic heterocycles. The quantitative estimate of drug-likeness (QED) is 0.101. The summed E-state index contributed by atoms with van der Waals surface area (Å²) in [6, 6.07) is 3.89. The highest BCUT2D eigenvalue weighted by atomic mass is 31.2. The number of anilines is 1. The van der Waals surface area contributed by atoms with E-state index in [1.54, 1.807) is 30.2 Å². The van der Waals surface area contributed by atoms with Gasteiger partial charge in [0.1, 0.15) is 18.2 Å². The van der Waals surface area contributed by atoms with Crippen molar-refractivity contribution in [3.05, 3.63) is 42.7 Å². The molecule has 0 aromatic carbocycles. The first-order chi connectivity index (χ1) is 19.9. The number of imidazole rings is 1. The summed E-state index contributed by atoms with van der Waals surface area (Å²) in [4.78, 5) is 26.4. The molecule has 0 spiro atoms. The zero-order chi connectivity index (χ0) is 29.2. The highest BCUT2D eigenvalue weighted by Crippen LogP contribution is 2.42. The summed E-state index contributed by atoms with van der Waals surface area (Å²) >= 11 is 0. The van der Waals surface area contributed by atoms with E-state index in [9.17, 15) is 9.46 Å². The lowest BCUT2D eigenvalue weighted by molar-refractivity contribution is 0.0688. The largest absolute Gasteiger partial charge is 0.382 e. The van der Waals surface area contributed by atoms with Crippen LogP contribution < -0.4 is 5.73 Å². The molecule has 41 heavy (non-hydrogen) atoms. The van der Waals surface area contributed by atoms with E-state index in [1.807, 2.05) is 12.1 Å². The number of fused-ring (bicyclic) bond motifs is 1. The zero-order valence-corrected chi connectivity index (χ0v) is 24.9. The van der Waals surface area contributed by atoms with Gasteiger partial charge in [-0.15, -0.1) is 0 Å². The Labute approximate surface area is 242 Å². The lowest BCUT2D eigenvalue weighted by atomic mass is 10.1. The van der Waals surface area contributed by atoms with Crippen LogP contribution in [0.5, 0.6) is 0 Å². The minimum absolute atomic E-state index is 0.142. The van der Waals surface area contributed by atoms with E-state index < -0.39 is 7.60 Å². The Balaban J connectivity index is 1.10. The van der Waals surface area contributed by atoms with Crippen molar-refractivity contribution in [2.24, 2.45) is 0 Å².